The molecule has 1 amide bonds. The number of ether oxygens (including phenoxy) is 1. The SMILES string of the molecule is COc1ccc(NCc2ccccc2C(N)=O)cc1C. The van der Waals surface area contributed by atoms with Crippen molar-refractivity contribution in [1.29, 1.82) is 0 Å². The van der Waals surface area contributed by atoms with Crippen LogP contribution in [-0.4, -0.2) is 13.0 Å². The molecule has 4 nitrogen and oxygen atoms in total. The number of carbonyl (C=O) groups excluding carboxylic acids is 1. The van der Waals surface area contributed by atoms with Gasteiger partial charge < -0.3 is 15.8 Å². The predicted molar refractivity (Wildman–Crippen MR) is 80.0 cm³/mol. The molecular weight excluding hydrogens is 252 g/mol. The normalized spacial score (nSPS) is 10.1. The Hall–Kier alpha value is -2.49. The van der Waals surface area contributed by atoms with E-state index in [1.165, 1.54) is 0 Å². The van der Waals surface area contributed by atoms with Crippen LogP contribution >= 0.6 is 0 Å². The highest BCUT2D eigenvalue weighted by molar-refractivity contribution is 5.94. The topological polar surface area (TPSA) is 64.3 Å². The Balaban J connectivity index is 2.13. The van der Waals surface area contributed by atoms with Gasteiger partial charge in [-0.05, 0) is 42.3 Å². The van der Waals surface area contributed by atoms with Crippen molar-refractivity contribution in [3.05, 3.63) is 59.2 Å². The standard InChI is InChI=1S/C16H18N2O2/c1-11-9-13(7-8-15(11)20-2)18-10-12-5-3-4-6-14(12)16(17)19/h3-9,18H,10H2,1-2H3,(H2,17,19). The predicted octanol–water partition coefficient (Wildman–Crippen LogP) is 2.71. The molecular formula is C16H18N2O2. The zero-order chi connectivity index (χ0) is 14.5. The lowest BCUT2D eigenvalue weighted by atomic mass is 10.1. The molecule has 0 saturated carbocycles. The molecule has 0 aliphatic rings. The van der Waals surface area contributed by atoms with Gasteiger partial charge in [0.1, 0.15) is 5.75 Å². The number of hydrogen-bond donors (Lipinski definition) is 2. The van der Waals surface area contributed by atoms with Crippen LogP contribution in [0.5, 0.6) is 5.75 Å². The summed E-state index contributed by atoms with van der Waals surface area (Å²) < 4.78 is 5.22. The van der Waals surface area contributed by atoms with Gasteiger partial charge in [-0.15, -0.1) is 0 Å². The van der Waals surface area contributed by atoms with E-state index in [0.717, 1.165) is 22.6 Å². The van der Waals surface area contributed by atoms with Crippen molar-refractivity contribution in [2.45, 2.75) is 13.5 Å². The molecule has 0 heterocycles. The largest absolute Gasteiger partial charge is 0.496 e. The lowest BCUT2D eigenvalue weighted by molar-refractivity contribution is 0.0999. The maximum absolute atomic E-state index is 11.3. The molecule has 0 unspecified atom stereocenters. The Kier molecular flexibility index (Phi) is 4.25. The maximum atomic E-state index is 11.3. The van der Waals surface area contributed by atoms with Crippen molar-refractivity contribution in [3.8, 4) is 5.75 Å². The number of amides is 1. The summed E-state index contributed by atoms with van der Waals surface area (Å²) in [5.74, 6) is 0.446. The maximum Gasteiger partial charge on any atom is 0.249 e. The molecule has 3 N–H and O–H groups in total. The summed E-state index contributed by atoms with van der Waals surface area (Å²) in [5, 5.41) is 3.29. The average Bonchev–Trinajstić information content (AvgIpc) is 2.45. The molecule has 0 aliphatic carbocycles. The molecule has 0 radical (unpaired) electrons. The molecule has 0 fully saturated rings. The average molecular weight is 270 g/mol. The third-order valence-electron chi connectivity index (χ3n) is 3.16. The van der Waals surface area contributed by atoms with Gasteiger partial charge in [-0.1, -0.05) is 18.2 Å². The van der Waals surface area contributed by atoms with Gasteiger partial charge in [-0.2, -0.15) is 0 Å². The van der Waals surface area contributed by atoms with E-state index in [1.54, 1.807) is 19.2 Å². The van der Waals surface area contributed by atoms with Crippen LogP contribution in [0.2, 0.25) is 0 Å². The van der Waals surface area contributed by atoms with Crippen molar-refractivity contribution in [2.24, 2.45) is 5.73 Å². The summed E-state index contributed by atoms with van der Waals surface area (Å²) in [6.07, 6.45) is 0. The number of nitrogens with one attached hydrogen (secondary N) is 1. The van der Waals surface area contributed by atoms with Crippen LogP contribution < -0.4 is 15.8 Å². The van der Waals surface area contributed by atoms with Gasteiger partial charge in [-0.3, -0.25) is 4.79 Å². The Morgan fingerprint density at radius 2 is 2.00 bits per heavy atom. The number of carbonyl (C=O) groups is 1. The van der Waals surface area contributed by atoms with E-state index in [1.807, 2.05) is 37.3 Å². The van der Waals surface area contributed by atoms with E-state index in [9.17, 15) is 4.79 Å². The van der Waals surface area contributed by atoms with Crippen molar-refractivity contribution >= 4 is 11.6 Å². The van der Waals surface area contributed by atoms with Gasteiger partial charge in [0.25, 0.3) is 0 Å². The van der Waals surface area contributed by atoms with Crippen molar-refractivity contribution in [1.82, 2.24) is 0 Å². The Morgan fingerprint density at radius 1 is 1.25 bits per heavy atom. The van der Waals surface area contributed by atoms with E-state index in [4.69, 9.17) is 10.5 Å². The van der Waals surface area contributed by atoms with Crippen molar-refractivity contribution in [3.63, 3.8) is 0 Å². The Bertz CT molecular complexity index is 624. The van der Waals surface area contributed by atoms with E-state index >= 15 is 0 Å². The van der Waals surface area contributed by atoms with E-state index < -0.39 is 5.91 Å². The number of benzene rings is 2. The van der Waals surface area contributed by atoms with E-state index in [-0.39, 0.29) is 0 Å². The number of methoxy groups -OCH3 is 1. The minimum atomic E-state index is -0.409. The van der Waals surface area contributed by atoms with Gasteiger partial charge in [0.2, 0.25) is 5.91 Å². The van der Waals surface area contributed by atoms with Crippen LogP contribution in [-0.2, 0) is 6.54 Å². The second-order valence-corrected chi connectivity index (χ2v) is 4.56. The first-order valence-electron chi connectivity index (χ1n) is 6.38. The first-order chi connectivity index (χ1) is 9.61. The lowest BCUT2D eigenvalue weighted by Crippen LogP contribution is -2.15. The smallest absolute Gasteiger partial charge is 0.249 e. The molecule has 0 bridgehead atoms. The second kappa shape index (κ2) is 6.10. The summed E-state index contributed by atoms with van der Waals surface area (Å²) in [5.41, 5.74) is 8.82. The van der Waals surface area contributed by atoms with Crippen molar-refractivity contribution in [2.75, 3.05) is 12.4 Å². The van der Waals surface area contributed by atoms with Crippen LogP contribution in [0.3, 0.4) is 0 Å². The van der Waals surface area contributed by atoms with Gasteiger partial charge in [0.15, 0.2) is 0 Å². The van der Waals surface area contributed by atoms with Gasteiger partial charge in [-0.25, -0.2) is 0 Å². The van der Waals surface area contributed by atoms with Gasteiger partial charge in [0.05, 0.1) is 7.11 Å². The molecule has 2 aromatic rings. The number of anilines is 1. The summed E-state index contributed by atoms with van der Waals surface area (Å²) in [4.78, 5) is 11.3. The Labute approximate surface area is 118 Å². The molecule has 2 rings (SSSR count). The van der Waals surface area contributed by atoms with Gasteiger partial charge >= 0.3 is 0 Å². The highest BCUT2D eigenvalue weighted by Gasteiger charge is 2.07. The van der Waals surface area contributed by atoms with Crippen LogP contribution in [0.25, 0.3) is 0 Å². The molecule has 104 valence electrons. The van der Waals surface area contributed by atoms with Crippen LogP contribution in [0, 0.1) is 6.92 Å². The number of hydrogen-bond acceptors (Lipinski definition) is 3. The minimum absolute atomic E-state index is 0.409. The van der Waals surface area contributed by atoms with Gasteiger partial charge in [0, 0.05) is 17.8 Å². The fourth-order valence-corrected chi connectivity index (χ4v) is 2.10. The molecule has 0 spiro atoms. The molecule has 0 aromatic heterocycles. The zero-order valence-corrected chi connectivity index (χ0v) is 11.6. The van der Waals surface area contributed by atoms with Crippen LogP contribution in [0.4, 0.5) is 5.69 Å². The first-order valence-corrected chi connectivity index (χ1v) is 6.38. The number of rotatable bonds is 5. The molecule has 0 saturated heterocycles. The quantitative estimate of drug-likeness (QED) is 0.878. The second-order valence-electron chi connectivity index (χ2n) is 4.56. The molecule has 2 aromatic carbocycles. The number of aryl methyl sites for hydroxylation is 1. The summed E-state index contributed by atoms with van der Waals surface area (Å²) in [6.45, 7) is 2.53. The number of primary amides is 1. The van der Waals surface area contributed by atoms with E-state index in [0.29, 0.717) is 12.1 Å². The Morgan fingerprint density at radius 3 is 2.65 bits per heavy atom. The van der Waals surface area contributed by atoms with Crippen LogP contribution in [0.1, 0.15) is 21.5 Å². The highest BCUT2D eigenvalue weighted by Crippen LogP contribution is 2.22. The number of nitrogens with two attached hydrogens (primary N) is 1. The monoisotopic (exact) mass is 270 g/mol. The summed E-state index contributed by atoms with van der Waals surface area (Å²) in [7, 11) is 1.65. The summed E-state index contributed by atoms with van der Waals surface area (Å²) in [6, 6.07) is 13.2. The van der Waals surface area contributed by atoms with Crippen LogP contribution in [0.15, 0.2) is 42.5 Å². The lowest BCUT2D eigenvalue weighted by Gasteiger charge is -2.11. The first kappa shape index (κ1) is 13.9. The molecule has 20 heavy (non-hydrogen) atoms. The molecule has 4 heteroatoms. The highest BCUT2D eigenvalue weighted by atomic mass is 16.5. The summed E-state index contributed by atoms with van der Waals surface area (Å²) >= 11 is 0. The third kappa shape index (κ3) is 3.09. The minimum Gasteiger partial charge on any atom is -0.496 e. The molecule has 0 atom stereocenters. The zero-order valence-electron chi connectivity index (χ0n) is 11.6. The fourth-order valence-electron chi connectivity index (χ4n) is 2.10. The third-order valence-corrected chi connectivity index (χ3v) is 3.16. The fraction of sp³-hybridized carbons (Fsp3) is 0.188. The van der Waals surface area contributed by atoms with E-state index in [2.05, 4.69) is 5.32 Å². The molecule has 0 aliphatic heterocycles. The van der Waals surface area contributed by atoms with Crippen molar-refractivity contribution < 1.29 is 9.53 Å².